The van der Waals surface area contributed by atoms with Gasteiger partial charge in [0.25, 0.3) is 0 Å². The summed E-state index contributed by atoms with van der Waals surface area (Å²) in [6, 6.07) is 0. The average molecular weight is 192 g/mol. The van der Waals surface area contributed by atoms with Gasteiger partial charge in [0.05, 0.1) is 6.10 Å². The summed E-state index contributed by atoms with van der Waals surface area (Å²) in [5.41, 5.74) is 1.67. The molecule has 0 aliphatic heterocycles. The van der Waals surface area contributed by atoms with Crippen LogP contribution in [0.3, 0.4) is 0 Å². The molecule has 1 N–H and O–H groups in total. The molecule has 78 valence electrons. The second-order valence-corrected chi connectivity index (χ2v) is 5.92. The number of aliphatic hydroxyl groups excluding tert-OH is 1. The van der Waals surface area contributed by atoms with Crippen molar-refractivity contribution in [2.24, 2.45) is 23.2 Å². The summed E-state index contributed by atoms with van der Waals surface area (Å²) in [4.78, 5) is 0. The molecule has 0 spiro atoms. The molecule has 0 aromatic rings. The Bertz CT molecular complexity index is 283. The van der Waals surface area contributed by atoms with Crippen LogP contribution in [0.4, 0.5) is 0 Å². The number of rotatable bonds is 0. The number of allylic oxidation sites excluding steroid dienone is 1. The smallest absolute Gasteiger partial charge is 0.0599 e. The summed E-state index contributed by atoms with van der Waals surface area (Å²) in [5, 5.41) is 10.2. The third kappa shape index (κ3) is 0.894. The second kappa shape index (κ2) is 2.63. The molecule has 0 aromatic carbocycles. The summed E-state index contributed by atoms with van der Waals surface area (Å²) in [5.74, 6) is 2.41. The lowest BCUT2D eigenvalue weighted by Crippen LogP contribution is -2.35. The Kier molecular flexibility index (Phi) is 1.69. The molecule has 3 aliphatic rings. The summed E-state index contributed by atoms with van der Waals surface area (Å²) in [7, 11) is 0. The van der Waals surface area contributed by atoms with Crippen molar-refractivity contribution in [1.82, 2.24) is 0 Å². The molecule has 0 heterocycles. The third-order valence-electron chi connectivity index (χ3n) is 5.40. The fourth-order valence-corrected chi connectivity index (χ4v) is 4.59. The maximum Gasteiger partial charge on any atom is 0.0599 e. The Labute approximate surface area is 86.2 Å². The number of hydrogen-bond donors (Lipinski definition) is 1. The van der Waals surface area contributed by atoms with Gasteiger partial charge in [-0.1, -0.05) is 19.1 Å². The van der Waals surface area contributed by atoms with E-state index in [0.29, 0.717) is 0 Å². The molecule has 1 nitrogen and oxygen atoms in total. The number of aliphatic hydroxyl groups is 1. The van der Waals surface area contributed by atoms with E-state index in [2.05, 4.69) is 13.5 Å². The molecule has 0 bridgehead atoms. The molecular weight excluding hydrogens is 172 g/mol. The lowest BCUT2D eigenvalue weighted by atomic mass is 9.72. The fraction of sp³-hybridized carbons (Fsp3) is 0.846. The molecule has 3 rings (SSSR count). The van der Waals surface area contributed by atoms with Crippen LogP contribution in [0.2, 0.25) is 0 Å². The zero-order valence-electron chi connectivity index (χ0n) is 9.00. The lowest BCUT2D eigenvalue weighted by molar-refractivity contribution is 0.0160. The normalized spacial score (nSPS) is 56.3. The van der Waals surface area contributed by atoms with Gasteiger partial charge >= 0.3 is 0 Å². The Balaban J connectivity index is 1.95. The molecule has 0 radical (unpaired) electrons. The summed E-state index contributed by atoms with van der Waals surface area (Å²) >= 11 is 0. The van der Waals surface area contributed by atoms with Crippen molar-refractivity contribution < 1.29 is 5.11 Å². The van der Waals surface area contributed by atoms with Gasteiger partial charge in [-0.05, 0) is 55.3 Å². The summed E-state index contributed by atoms with van der Waals surface area (Å²) < 4.78 is 0. The minimum absolute atomic E-state index is 0.0339. The first-order valence-electron chi connectivity index (χ1n) is 5.97. The van der Waals surface area contributed by atoms with Gasteiger partial charge in [0.2, 0.25) is 0 Å². The minimum atomic E-state index is -0.0339. The van der Waals surface area contributed by atoms with Crippen molar-refractivity contribution in [3.63, 3.8) is 0 Å². The molecule has 3 aliphatic carbocycles. The van der Waals surface area contributed by atoms with Gasteiger partial charge in [-0.3, -0.25) is 0 Å². The van der Waals surface area contributed by atoms with Crippen LogP contribution in [0, 0.1) is 23.2 Å². The zero-order valence-corrected chi connectivity index (χ0v) is 9.00. The molecule has 3 saturated carbocycles. The molecule has 1 heteroatoms. The van der Waals surface area contributed by atoms with E-state index in [1.54, 1.807) is 0 Å². The predicted molar refractivity (Wildman–Crippen MR) is 56.8 cm³/mol. The fourth-order valence-electron chi connectivity index (χ4n) is 4.59. The van der Waals surface area contributed by atoms with Gasteiger partial charge in [-0.15, -0.1) is 0 Å². The summed E-state index contributed by atoms with van der Waals surface area (Å²) in [6.07, 6.45) is 6.05. The standard InChI is InChI=1S/C13H20O/c1-8-5-9-7-10-3-4-12(14)13(10,2)11(9)6-8/h9-12,14H,1,3-7H2,2H3. The van der Waals surface area contributed by atoms with Crippen LogP contribution in [0.5, 0.6) is 0 Å². The van der Waals surface area contributed by atoms with Crippen molar-refractivity contribution in [2.75, 3.05) is 0 Å². The predicted octanol–water partition coefficient (Wildman–Crippen LogP) is 2.75. The van der Waals surface area contributed by atoms with Crippen molar-refractivity contribution >= 4 is 0 Å². The molecule has 0 amide bonds. The van der Waals surface area contributed by atoms with E-state index in [9.17, 15) is 5.11 Å². The molecule has 14 heavy (non-hydrogen) atoms. The Hall–Kier alpha value is -0.300. The maximum absolute atomic E-state index is 10.2. The van der Waals surface area contributed by atoms with Gasteiger partial charge in [0.15, 0.2) is 0 Å². The Morgan fingerprint density at radius 2 is 2.14 bits per heavy atom. The van der Waals surface area contributed by atoms with Crippen molar-refractivity contribution in [3.8, 4) is 0 Å². The van der Waals surface area contributed by atoms with Crippen molar-refractivity contribution in [3.05, 3.63) is 12.2 Å². The zero-order chi connectivity index (χ0) is 9.92. The van der Waals surface area contributed by atoms with E-state index in [1.807, 2.05) is 0 Å². The highest BCUT2D eigenvalue weighted by Crippen LogP contribution is 2.64. The highest BCUT2D eigenvalue weighted by molar-refractivity contribution is 5.17. The van der Waals surface area contributed by atoms with Crippen molar-refractivity contribution in [2.45, 2.75) is 45.1 Å². The maximum atomic E-state index is 10.2. The van der Waals surface area contributed by atoms with E-state index in [4.69, 9.17) is 0 Å². The monoisotopic (exact) mass is 192 g/mol. The van der Waals surface area contributed by atoms with Gasteiger partial charge in [-0.25, -0.2) is 0 Å². The van der Waals surface area contributed by atoms with Crippen LogP contribution in [0.1, 0.15) is 39.0 Å². The topological polar surface area (TPSA) is 20.2 Å². The van der Waals surface area contributed by atoms with E-state index < -0.39 is 0 Å². The molecular formula is C13H20O. The molecule has 5 unspecified atom stereocenters. The SMILES string of the molecule is C=C1CC2CC3CCC(O)C3(C)C2C1. The molecule has 0 aromatic heterocycles. The number of hydrogen-bond acceptors (Lipinski definition) is 1. The van der Waals surface area contributed by atoms with E-state index in [-0.39, 0.29) is 11.5 Å². The van der Waals surface area contributed by atoms with Crippen LogP contribution >= 0.6 is 0 Å². The van der Waals surface area contributed by atoms with Crippen LogP contribution in [0.15, 0.2) is 12.2 Å². The van der Waals surface area contributed by atoms with E-state index in [1.165, 1.54) is 31.3 Å². The van der Waals surface area contributed by atoms with Crippen LogP contribution < -0.4 is 0 Å². The van der Waals surface area contributed by atoms with Crippen molar-refractivity contribution in [1.29, 1.82) is 0 Å². The quantitative estimate of drug-likeness (QED) is 0.585. The second-order valence-electron chi connectivity index (χ2n) is 5.92. The minimum Gasteiger partial charge on any atom is -0.393 e. The lowest BCUT2D eigenvalue weighted by Gasteiger charge is -2.34. The van der Waals surface area contributed by atoms with Crippen LogP contribution in [-0.4, -0.2) is 11.2 Å². The van der Waals surface area contributed by atoms with Gasteiger partial charge in [0, 0.05) is 0 Å². The third-order valence-corrected chi connectivity index (χ3v) is 5.40. The Morgan fingerprint density at radius 3 is 2.93 bits per heavy atom. The number of fused-ring (bicyclic) bond motifs is 3. The van der Waals surface area contributed by atoms with Crippen LogP contribution in [0.25, 0.3) is 0 Å². The van der Waals surface area contributed by atoms with Gasteiger partial charge in [-0.2, -0.15) is 0 Å². The first kappa shape index (κ1) is 8.96. The molecule has 5 atom stereocenters. The molecule has 3 fully saturated rings. The first-order valence-corrected chi connectivity index (χ1v) is 5.97. The summed E-state index contributed by atoms with van der Waals surface area (Å²) in [6.45, 7) is 6.46. The Morgan fingerprint density at radius 1 is 1.36 bits per heavy atom. The molecule has 0 saturated heterocycles. The van der Waals surface area contributed by atoms with E-state index >= 15 is 0 Å². The largest absolute Gasteiger partial charge is 0.393 e. The van der Waals surface area contributed by atoms with Crippen LogP contribution in [-0.2, 0) is 0 Å². The highest BCUT2D eigenvalue weighted by Gasteiger charge is 2.59. The van der Waals surface area contributed by atoms with E-state index in [0.717, 1.165) is 24.2 Å². The highest BCUT2D eigenvalue weighted by atomic mass is 16.3. The first-order chi connectivity index (χ1) is 6.62. The van der Waals surface area contributed by atoms with Gasteiger partial charge in [0.1, 0.15) is 0 Å². The van der Waals surface area contributed by atoms with Gasteiger partial charge < -0.3 is 5.11 Å². The average Bonchev–Trinajstić information content (AvgIpc) is 2.68.